The third kappa shape index (κ3) is 3.40. The average molecular weight is 298 g/mol. The van der Waals surface area contributed by atoms with E-state index in [1.165, 1.54) is 6.07 Å². The van der Waals surface area contributed by atoms with Crippen LogP contribution >= 0.6 is 0 Å². The summed E-state index contributed by atoms with van der Waals surface area (Å²) in [5.74, 6) is -1.46. The van der Waals surface area contributed by atoms with Crippen LogP contribution in [0.1, 0.15) is 30.7 Å². The largest absolute Gasteiger partial charge is 0.310 e. The molecule has 1 saturated carbocycles. The van der Waals surface area contributed by atoms with Gasteiger partial charge in [0, 0.05) is 31.6 Å². The van der Waals surface area contributed by atoms with Crippen LogP contribution in [0.15, 0.2) is 18.2 Å². The first kappa shape index (κ1) is 14.9. The van der Waals surface area contributed by atoms with Crippen molar-refractivity contribution in [2.45, 2.75) is 36.9 Å². The molecule has 0 amide bonds. The number of rotatable bonds is 4. The minimum Gasteiger partial charge on any atom is -0.310 e. The van der Waals surface area contributed by atoms with Gasteiger partial charge in [0.1, 0.15) is 5.67 Å². The van der Waals surface area contributed by atoms with E-state index < -0.39 is 17.3 Å². The van der Waals surface area contributed by atoms with Gasteiger partial charge in [-0.2, -0.15) is 0 Å². The van der Waals surface area contributed by atoms with Gasteiger partial charge in [0.2, 0.25) is 0 Å². The maximum absolute atomic E-state index is 14.6. The van der Waals surface area contributed by atoms with E-state index in [0.717, 1.165) is 31.1 Å². The summed E-state index contributed by atoms with van der Waals surface area (Å²) in [4.78, 5) is 2.14. The van der Waals surface area contributed by atoms with Crippen LogP contribution < -0.4 is 5.32 Å². The second-order valence-corrected chi connectivity index (χ2v) is 6.46. The number of hydrogen-bond acceptors (Lipinski definition) is 2. The van der Waals surface area contributed by atoms with E-state index in [9.17, 15) is 13.2 Å². The summed E-state index contributed by atoms with van der Waals surface area (Å²) >= 11 is 0. The second kappa shape index (κ2) is 5.61. The van der Waals surface area contributed by atoms with Gasteiger partial charge in [0.05, 0.1) is 0 Å². The van der Waals surface area contributed by atoms with Crippen molar-refractivity contribution in [2.24, 2.45) is 0 Å². The van der Waals surface area contributed by atoms with Gasteiger partial charge in [-0.3, -0.25) is 0 Å². The molecule has 0 aromatic heterocycles. The van der Waals surface area contributed by atoms with Gasteiger partial charge in [-0.05, 0) is 44.0 Å². The molecule has 0 spiro atoms. The predicted octanol–water partition coefficient (Wildman–Crippen LogP) is 2.84. The molecular weight excluding hydrogens is 277 g/mol. The van der Waals surface area contributed by atoms with Crippen molar-refractivity contribution in [3.8, 4) is 0 Å². The minimum absolute atomic E-state index is 0.176. The van der Waals surface area contributed by atoms with E-state index in [1.54, 1.807) is 6.07 Å². The van der Waals surface area contributed by atoms with Gasteiger partial charge >= 0.3 is 0 Å². The van der Waals surface area contributed by atoms with Crippen molar-refractivity contribution < 1.29 is 13.2 Å². The van der Waals surface area contributed by atoms with Crippen LogP contribution in [0.2, 0.25) is 0 Å². The number of piperidine rings is 1. The van der Waals surface area contributed by atoms with E-state index in [0.29, 0.717) is 19.4 Å². The highest BCUT2D eigenvalue weighted by Crippen LogP contribution is 2.41. The fourth-order valence-corrected chi connectivity index (χ4v) is 3.04. The molecule has 2 fully saturated rings. The van der Waals surface area contributed by atoms with E-state index in [2.05, 4.69) is 10.2 Å². The zero-order valence-electron chi connectivity index (χ0n) is 12.2. The van der Waals surface area contributed by atoms with Crippen LogP contribution in [0.3, 0.4) is 0 Å². The molecule has 0 radical (unpaired) electrons. The molecule has 1 aliphatic carbocycles. The SMILES string of the molecule is CN1CCC(F)(CNC2CC2c2ccc(F)c(F)c2)CC1. The Bertz CT molecular complexity index is 512. The Labute approximate surface area is 123 Å². The Morgan fingerprint density at radius 2 is 1.95 bits per heavy atom. The maximum Gasteiger partial charge on any atom is 0.159 e. The fraction of sp³-hybridized carbons (Fsp3) is 0.625. The van der Waals surface area contributed by atoms with E-state index >= 15 is 0 Å². The molecular formula is C16H21F3N2. The van der Waals surface area contributed by atoms with E-state index in [4.69, 9.17) is 0 Å². The lowest BCUT2D eigenvalue weighted by atomic mass is 9.93. The second-order valence-electron chi connectivity index (χ2n) is 6.46. The highest BCUT2D eigenvalue weighted by atomic mass is 19.2. The molecule has 1 aromatic carbocycles. The molecule has 1 aliphatic heterocycles. The van der Waals surface area contributed by atoms with E-state index in [-0.39, 0.29) is 12.0 Å². The number of alkyl halides is 1. The van der Waals surface area contributed by atoms with Crippen LogP contribution in [0.5, 0.6) is 0 Å². The molecule has 2 unspecified atom stereocenters. The van der Waals surface area contributed by atoms with Crippen LogP contribution in [-0.4, -0.2) is 43.3 Å². The summed E-state index contributed by atoms with van der Waals surface area (Å²) in [6.45, 7) is 1.93. The van der Waals surface area contributed by atoms with Gasteiger partial charge < -0.3 is 10.2 Å². The first-order chi connectivity index (χ1) is 9.97. The van der Waals surface area contributed by atoms with Gasteiger partial charge in [-0.1, -0.05) is 6.07 Å². The maximum atomic E-state index is 14.6. The molecule has 21 heavy (non-hydrogen) atoms. The van der Waals surface area contributed by atoms with Crippen molar-refractivity contribution in [1.29, 1.82) is 0 Å². The first-order valence-corrected chi connectivity index (χ1v) is 7.53. The highest BCUT2D eigenvalue weighted by molar-refractivity contribution is 5.29. The lowest BCUT2D eigenvalue weighted by Gasteiger charge is -2.34. The van der Waals surface area contributed by atoms with Crippen molar-refractivity contribution in [3.05, 3.63) is 35.4 Å². The van der Waals surface area contributed by atoms with Crippen molar-refractivity contribution in [1.82, 2.24) is 10.2 Å². The van der Waals surface area contributed by atoms with Gasteiger partial charge in [-0.15, -0.1) is 0 Å². The predicted molar refractivity (Wildman–Crippen MR) is 76.1 cm³/mol. The molecule has 116 valence electrons. The lowest BCUT2D eigenvalue weighted by Crippen LogP contribution is -2.46. The van der Waals surface area contributed by atoms with Gasteiger partial charge in [0.15, 0.2) is 11.6 Å². The van der Waals surface area contributed by atoms with Crippen molar-refractivity contribution in [2.75, 3.05) is 26.7 Å². The summed E-state index contributed by atoms with van der Waals surface area (Å²) in [6, 6.07) is 4.21. The van der Waals surface area contributed by atoms with Crippen molar-refractivity contribution >= 4 is 0 Å². The van der Waals surface area contributed by atoms with E-state index in [1.807, 2.05) is 7.05 Å². The summed E-state index contributed by atoms with van der Waals surface area (Å²) in [7, 11) is 2.01. The number of nitrogens with one attached hydrogen (secondary N) is 1. The van der Waals surface area contributed by atoms with Crippen LogP contribution in [0, 0.1) is 11.6 Å². The average Bonchev–Trinajstić information content (AvgIpc) is 3.23. The highest BCUT2D eigenvalue weighted by Gasteiger charge is 2.41. The Kier molecular flexibility index (Phi) is 3.97. The van der Waals surface area contributed by atoms with Crippen LogP contribution in [0.25, 0.3) is 0 Å². The number of likely N-dealkylation sites (tertiary alicyclic amines) is 1. The molecule has 0 bridgehead atoms. The Balaban J connectivity index is 1.51. The molecule has 2 nitrogen and oxygen atoms in total. The quantitative estimate of drug-likeness (QED) is 0.919. The molecule has 3 rings (SSSR count). The monoisotopic (exact) mass is 298 g/mol. The smallest absolute Gasteiger partial charge is 0.159 e. The Morgan fingerprint density at radius 1 is 1.24 bits per heavy atom. The van der Waals surface area contributed by atoms with Gasteiger partial charge in [-0.25, -0.2) is 13.2 Å². The van der Waals surface area contributed by atoms with Crippen molar-refractivity contribution in [3.63, 3.8) is 0 Å². The zero-order chi connectivity index (χ0) is 15.0. The molecule has 1 saturated heterocycles. The third-order valence-corrected chi connectivity index (χ3v) is 4.73. The van der Waals surface area contributed by atoms with Crippen LogP contribution in [-0.2, 0) is 0 Å². The zero-order valence-corrected chi connectivity index (χ0v) is 12.2. The summed E-state index contributed by atoms with van der Waals surface area (Å²) in [5, 5.41) is 3.25. The normalized spacial score (nSPS) is 28.6. The first-order valence-electron chi connectivity index (χ1n) is 7.53. The minimum atomic E-state index is -1.13. The fourth-order valence-electron chi connectivity index (χ4n) is 3.04. The molecule has 1 aromatic rings. The topological polar surface area (TPSA) is 15.3 Å². The Morgan fingerprint density at radius 3 is 2.62 bits per heavy atom. The third-order valence-electron chi connectivity index (χ3n) is 4.73. The standard InChI is InChI=1S/C16H21F3N2/c1-21-6-4-16(19,5-7-21)10-20-15-9-12(15)11-2-3-13(17)14(18)8-11/h2-3,8,12,15,20H,4-7,9-10H2,1H3. The molecule has 1 heterocycles. The molecule has 1 N–H and O–H groups in total. The lowest BCUT2D eigenvalue weighted by molar-refractivity contribution is 0.0685. The molecule has 2 atom stereocenters. The van der Waals surface area contributed by atoms with Gasteiger partial charge in [0.25, 0.3) is 0 Å². The number of halogens is 3. The summed E-state index contributed by atoms with van der Waals surface area (Å²) < 4.78 is 40.7. The number of benzene rings is 1. The molecule has 2 aliphatic rings. The molecule has 5 heteroatoms. The number of nitrogens with zero attached hydrogens (tertiary/aromatic N) is 1. The summed E-state index contributed by atoms with van der Waals surface area (Å²) in [5.41, 5.74) is -0.337. The summed E-state index contributed by atoms with van der Waals surface area (Å²) in [6.07, 6.45) is 1.97. The van der Waals surface area contributed by atoms with Crippen LogP contribution in [0.4, 0.5) is 13.2 Å². The number of hydrogen-bond donors (Lipinski definition) is 1. The Hall–Kier alpha value is -1.07.